The predicted octanol–water partition coefficient (Wildman–Crippen LogP) is 3.26. The lowest BCUT2D eigenvalue weighted by atomic mass is 9.78. The van der Waals surface area contributed by atoms with Crippen molar-refractivity contribution < 1.29 is 9.53 Å². The Hall–Kier alpha value is -0.610. The van der Waals surface area contributed by atoms with Crippen LogP contribution >= 0.6 is 0 Å². The van der Waals surface area contributed by atoms with Crippen molar-refractivity contribution in [1.82, 2.24) is 9.80 Å². The number of nitrogens with zero attached hydrogens (tertiary/aromatic N) is 2. The van der Waals surface area contributed by atoms with Gasteiger partial charge in [-0.25, -0.2) is 0 Å². The molecule has 1 spiro atoms. The van der Waals surface area contributed by atoms with Gasteiger partial charge < -0.3 is 14.5 Å². The molecule has 4 heteroatoms. The highest BCUT2D eigenvalue weighted by Gasteiger charge is 2.58. The lowest BCUT2D eigenvalue weighted by Crippen LogP contribution is -2.65. The van der Waals surface area contributed by atoms with Crippen LogP contribution in [0, 0.1) is 17.8 Å². The summed E-state index contributed by atoms with van der Waals surface area (Å²) < 4.78 is 6.41. The third-order valence-electron chi connectivity index (χ3n) is 7.13. The predicted molar refractivity (Wildman–Crippen MR) is 94.5 cm³/mol. The van der Waals surface area contributed by atoms with Crippen LogP contribution in [0.4, 0.5) is 0 Å². The minimum absolute atomic E-state index is 0.271. The molecule has 4 nitrogen and oxygen atoms in total. The Labute approximate surface area is 146 Å². The lowest BCUT2D eigenvalue weighted by Gasteiger charge is -2.53. The van der Waals surface area contributed by atoms with Crippen LogP contribution in [-0.2, 0) is 9.53 Å². The number of carbonyl (C=O) groups is 1. The summed E-state index contributed by atoms with van der Waals surface area (Å²) in [5, 5.41) is 0. The molecule has 24 heavy (non-hydrogen) atoms. The molecule has 4 rings (SSSR count). The SMILES string of the molecule is CC(C)[C@@H]1COC23CCN(CC4CCCCC4)CC2CCC(=O)N13. The zero-order valence-electron chi connectivity index (χ0n) is 15.5. The average molecular weight is 335 g/mol. The van der Waals surface area contributed by atoms with Gasteiger partial charge in [-0.3, -0.25) is 4.79 Å². The first-order chi connectivity index (χ1) is 11.6. The summed E-state index contributed by atoms with van der Waals surface area (Å²) >= 11 is 0. The molecule has 0 N–H and O–H groups in total. The van der Waals surface area contributed by atoms with Gasteiger partial charge in [0.1, 0.15) is 5.72 Å². The van der Waals surface area contributed by atoms with Crippen LogP contribution in [0.25, 0.3) is 0 Å². The summed E-state index contributed by atoms with van der Waals surface area (Å²) in [4.78, 5) is 17.5. The van der Waals surface area contributed by atoms with E-state index >= 15 is 0 Å². The standard InChI is InChI=1S/C20H34N2O2/c1-15(2)18-14-24-20-10-11-21(12-16-6-4-3-5-7-16)13-17(20)8-9-19(23)22(18)20/h15-18H,3-14H2,1-2H3/t17?,18-,20?/m0/s1. The minimum Gasteiger partial charge on any atom is -0.353 e. The third kappa shape index (κ3) is 2.80. The van der Waals surface area contributed by atoms with Crippen LogP contribution in [0.15, 0.2) is 0 Å². The zero-order valence-corrected chi connectivity index (χ0v) is 15.5. The van der Waals surface area contributed by atoms with Gasteiger partial charge in [-0.2, -0.15) is 0 Å². The van der Waals surface area contributed by atoms with Crippen molar-refractivity contribution in [2.24, 2.45) is 17.8 Å². The van der Waals surface area contributed by atoms with Gasteiger partial charge in [0.05, 0.1) is 12.6 Å². The molecule has 3 heterocycles. The number of hydrogen-bond donors (Lipinski definition) is 0. The Morgan fingerprint density at radius 3 is 2.75 bits per heavy atom. The number of carbonyl (C=O) groups excluding carboxylic acids is 1. The lowest BCUT2D eigenvalue weighted by molar-refractivity contribution is -0.193. The highest BCUT2D eigenvalue weighted by Crippen LogP contribution is 2.47. The summed E-state index contributed by atoms with van der Waals surface area (Å²) in [6, 6.07) is 0.283. The normalized spacial score (nSPS) is 38.5. The van der Waals surface area contributed by atoms with Crippen molar-refractivity contribution in [3.8, 4) is 0 Å². The molecule has 1 saturated carbocycles. The molecule has 0 radical (unpaired) electrons. The number of hydrogen-bond acceptors (Lipinski definition) is 3. The van der Waals surface area contributed by atoms with Crippen LogP contribution in [-0.4, -0.2) is 53.7 Å². The number of ether oxygens (including phenoxy) is 1. The van der Waals surface area contributed by atoms with Gasteiger partial charge in [-0.1, -0.05) is 33.1 Å². The Kier molecular flexibility index (Phi) is 4.63. The highest BCUT2D eigenvalue weighted by molar-refractivity contribution is 5.78. The number of likely N-dealkylation sites (tertiary alicyclic amines) is 1. The van der Waals surface area contributed by atoms with Crippen molar-refractivity contribution >= 4 is 5.91 Å². The Morgan fingerprint density at radius 1 is 1.21 bits per heavy atom. The Bertz CT molecular complexity index is 474. The molecule has 0 aromatic heterocycles. The summed E-state index contributed by atoms with van der Waals surface area (Å²) in [6.45, 7) is 8.69. The molecule has 4 aliphatic rings. The van der Waals surface area contributed by atoms with Crippen LogP contribution in [0.1, 0.15) is 65.2 Å². The molecular weight excluding hydrogens is 300 g/mol. The van der Waals surface area contributed by atoms with Crippen molar-refractivity contribution in [3.63, 3.8) is 0 Å². The fourth-order valence-corrected chi connectivity index (χ4v) is 5.75. The fourth-order valence-electron chi connectivity index (χ4n) is 5.75. The summed E-state index contributed by atoms with van der Waals surface area (Å²) in [7, 11) is 0. The van der Waals surface area contributed by atoms with Gasteiger partial charge >= 0.3 is 0 Å². The van der Waals surface area contributed by atoms with Gasteiger partial charge in [-0.15, -0.1) is 0 Å². The Balaban J connectivity index is 1.46. The maximum atomic E-state index is 12.7. The topological polar surface area (TPSA) is 32.8 Å². The van der Waals surface area contributed by atoms with E-state index in [1.54, 1.807) is 0 Å². The largest absolute Gasteiger partial charge is 0.353 e. The molecule has 1 amide bonds. The van der Waals surface area contributed by atoms with E-state index in [1.807, 2.05) is 0 Å². The molecular formula is C20H34N2O2. The minimum atomic E-state index is -0.271. The second-order valence-electron chi connectivity index (χ2n) is 8.98. The van der Waals surface area contributed by atoms with Crippen molar-refractivity contribution in [2.75, 3.05) is 26.2 Å². The maximum Gasteiger partial charge on any atom is 0.225 e. The van der Waals surface area contributed by atoms with E-state index in [4.69, 9.17) is 4.74 Å². The van der Waals surface area contributed by atoms with E-state index in [1.165, 1.54) is 38.6 Å². The van der Waals surface area contributed by atoms with Crippen LogP contribution in [0.2, 0.25) is 0 Å². The zero-order chi connectivity index (χ0) is 16.7. The van der Waals surface area contributed by atoms with E-state index < -0.39 is 0 Å². The maximum absolute atomic E-state index is 12.7. The van der Waals surface area contributed by atoms with Crippen molar-refractivity contribution in [2.45, 2.75) is 77.0 Å². The molecule has 2 unspecified atom stereocenters. The van der Waals surface area contributed by atoms with Gasteiger partial charge in [0.25, 0.3) is 0 Å². The molecule has 4 fully saturated rings. The van der Waals surface area contributed by atoms with Gasteiger partial charge in [0.15, 0.2) is 0 Å². The van der Waals surface area contributed by atoms with E-state index in [0.29, 0.717) is 17.7 Å². The fraction of sp³-hybridized carbons (Fsp3) is 0.950. The second kappa shape index (κ2) is 6.60. The second-order valence-corrected chi connectivity index (χ2v) is 8.98. The van der Waals surface area contributed by atoms with E-state index in [9.17, 15) is 4.79 Å². The van der Waals surface area contributed by atoms with Crippen molar-refractivity contribution in [3.05, 3.63) is 0 Å². The Morgan fingerprint density at radius 2 is 2.00 bits per heavy atom. The van der Waals surface area contributed by atoms with Gasteiger partial charge in [0, 0.05) is 38.4 Å². The number of amides is 1. The van der Waals surface area contributed by atoms with Crippen LogP contribution in [0.3, 0.4) is 0 Å². The van der Waals surface area contributed by atoms with E-state index in [-0.39, 0.29) is 11.8 Å². The third-order valence-corrected chi connectivity index (χ3v) is 7.13. The quantitative estimate of drug-likeness (QED) is 0.794. The number of piperidine rings is 2. The molecule has 0 bridgehead atoms. The van der Waals surface area contributed by atoms with E-state index in [0.717, 1.165) is 44.9 Å². The van der Waals surface area contributed by atoms with E-state index in [2.05, 4.69) is 23.6 Å². The molecule has 3 atom stereocenters. The highest BCUT2D eigenvalue weighted by atomic mass is 16.5. The molecule has 3 saturated heterocycles. The summed E-state index contributed by atoms with van der Waals surface area (Å²) in [5.41, 5.74) is -0.271. The molecule has 3 aliphatic heterocycles. The smallest absolute Gasteiger partial charge is 0.225 e. The molecule has 0 aromatic rings. The average Bonchev–Trinajstić information content (AvgIpc) is 2.98. The molecule has 1 aliphatic carbocycles. The van der Waals surface area contributed by atoms with Gasteiger partial charge in [0.2, 0.25) is 5.91 Å². The van der Waals surface area contributed by atoms with Crippen LogP contribution in [0.5, 0.6) is 0 Å². The van der Waals surface area contributed by atoms with Crippen molar-refractivity contribution in [1.29, 1.82) is 0 Å². The van der Waals surface area contributed by atoms with Gasteiger partial charge in [-0.05, 0) is 31.1 Å². The number of rotatable bonds is 3. The van der Waals surface area contributed by atoms with Crippen LogP contribution < -0.4 is 0 Å². The monoisotopic (exact) mass is 334 g/mol. The summed E-state index contributed by atoms with van der Waals surface area (Å²) in [5.74, 6) is 2.23. The first-order valence-electron chi connectivity index (χ1n) is 10.3. The first-order valence-corrected chi connectivity index (χ1v) is 10.3. The molecule has 0 aromatic carbocycles. The summed E-state index contributed by atoms with van der Waals surface area (Å²) in [6.07, 6.45) is 9.87. The molecule has 136 valence electrons. The first kappa shape index (κ1) is 16.8.